The van der Waals surface area contributed by atoms with Gasteiger partial charge < -0.3 is 9.64 Å². The van der Waals surface area contributed by atoms with Crippen LogP contribution in [0.5, 0.6) is 0 Å². The van der Waals surface area contributed by atoms with Crippen molar-refractivity contribution in [3.05, 3.63) is 0 Å². The second-order valence-corrected chi connectivity index (χ2v) is 6.40. The second kappa shape index (κ2) is 6.90. The molecule has 4 heteroatoms. The molecular weight excluding hydrogens is 294 g/mol. The molecule has 1 aliphatic heterocycles. The van der Waals surface area contributed by atoms with Crippen molar-refractivity contribution in [3.8, 4) is 0 Å². The van der Waals surface area contributed by atoms with Crippen LogP contribution in [0.15, 0.2) is 0 Å². The molecule has 2 rings (SSSR count). The predicted octanol–water partition coefficient (Wildman–Crippen LogP) is 2.83. The quantitative estimate of drug-likeness (QED) is 0.730. The highest BCUT2D eigenvalue weighted by Gasteiger charge is 2.36. The van der Waals surface area contributed by atoms with Crippen molar-refractivity contribution in [2.45, 2.75) is 45.1 Å². The highest BCUT2D eigenvalue weighted by Crippen LogP contribution is 2.30. The fourth-order valence-electron chi connectivity index (χ4n) is 2.86. The molecule has 104 valence electrons. The van der Waals surface area contributed by atoms with Crippen LogP contribution < -0.4 is 0 Å². The molecule has 2 unspecified atom stereocenters. The van der Waals surface area contributed by atoms with Gasteiger partial charge in [0.25, 0.3) is 0 Å². The van der Waals surface area contributed by atoms with E-state index in [0.29, 0.717) is 17.9 Å². The molecule has 1 amide bonds. The molecule has 3 nitrogen and oxygen atoms in total. The van der Waals surface area contributed by atoms with Gasteiger partial charge in [-0.25, -0.2) is 0 Å². The first-order chi connectivity index (χ1) is 8.74. The van der Waals surface area contributed by atoms with E-state index in [1.54, 1.807) is 0 Å². The van der Waals surface area contributed by atoms with Gasteiger partial charge in [0.1, 0.15) is 0 Å². The maximum Gasteiger partial charge on any atom is 0.226 e. The average molecular weight is 318 g/mol. The smallest absolute Gasteiger partial charge is 0.226 e. The van der Waals surface area contributed by atoms with Gasteiger partial charge in [-0.1, -0.05) is 22.9 Å². The lowest BCUT2D eigenvalue weighted by molar-refractivity contribution is -0.145. The summed E-state index contributed by atoms with van der Waals surface area (Å²) in [7, 11) is 0. The van der Waals surface area contributed by atoms with Gasteiger partial charge in [-0.05, 0) is 38.0 Å². The highest BCUT2D eigenvalue weighted by atomic mass is 79.9. The van der Waals surface area contributed by atoms with Crippen LogP contribution in [0.4, 0.5) is 0 Å². The minimum Gasteiger partial charge on any atom is -0.381 e. The van der Waals surface area contributed by atoms with Crippen molar-refractivity contribution in [1.29, 1.82) is 0 Å². The Bertz CT molecular complexity index is 281. The van der Waals surface area contributed by atoms with Gasteiger partial charge >= 0.3 is 0 Å². The first kappa shape index (κ1) is 14.3. The SMILES string of the molecule is CC1COCCC1C(=O)N(CCCBr)C1CCC1. The summed E-state index contributed by atoms with van der Waals surface area (Å²) in [5, 5.41) is 0.979. The first-order valence-corrected chi connectivity index (χ1v) is 8.30. The van der Waals surface area contributed by atoms with Crippen molar-refractivity contribution in [1.82, 2.24) is 4.90 Å². The van der Waals surface area contributed by atoms with E-state index in [0.717, 1.165) is 37.9 Å². The number of alkyl halides is 1. The monoisotopic (exact) mass is 317 g/mol. The number of hydrogen-bond donors (Lipinski definition) is 0. The van der Waals surface area contributed by atoms with Crippen molar-refractivity contribution in [3.63, 3.8) is 0 Å². The third kappa shape index (κ3) is 3.27. The number of ether oxygens (including phenoxy) is 1. The molecule has 0 aromatic rings. The molecule has 0 radical (unpaired) electrons. The van der Waals surface area contributed by atoms with Crippen molar-refractivity contribution in [2.75, 3.05) is 25.1 Å². The summed E-state index contributed by atoms with van der Waals surface area (Å²) in [4.78, 5) is 14.9. The zero-order valence-corrected chi connectivity index (χ0v) is 12.8. The molecule has 1 heterocycles. The third-order valence-corrected chi connectivity index (χ3v) is 4.85. The maximum absolute atomic E-state index is 12.7. The van der Waals surface area contributed by atoms with Gasteiger partial charge in [-0.2, -0.15) is 0 Å². The van der Waals surface area contributed by atoms with Crippen molar-refractivity contribution in [2.24, 2.45) is 11.8 Å². The van der Waals surface area contributed by atoms with Crippen LogP contribution in [0.25, 0.3) is 0 Å². The number of amides is 1. The first-order valence-electron chi connectivity index (χ1n) is 7.18. The van der Waals surface area contributed by atoms with Crippen LogP contribution in [-0.4, -0.2) is 41.9 Å². The van der Waals surface area contributed by atoms with Gasteiger partial charge in [0, 0.05) is 37.0 Å². The van der Waals surface area contributed by atoms with Crippen LogP contribution in [0.1, 0.15) is 39.0 Å². The minimum absolute atomic E-state index is 0.190. The van der Waals surface area contributed by atoms with E-state index in [1.807, 2.05) is 0 Å². The number of nitrogens with zero attached hydrogens (tertiary/aromatic N) is 1. The molecule has 1 saturated carbocycles. The summed E-state index contributed by atoms with van der Waals surface area (Å²) in [5.41, 5.74) is 0. The molecule has 18 heavy (non-hydrogen) atoms. The molecule has 2 atom stereocenters. The molecule has 1 saturated heterocycles. The summed E-state index contributed by atoms with van der Waals surface area (Å²) in [6.07, 6.45) is 5.64. The van der Waals surface area contributed by atoms with Gasteiger partial charge in [0.15, 0.2) is 0 Å². The summed E-state index contributed by atoms with van der Waals surface area (Å²) in [5.74, 6) is 0.948. The standard InChI is InChI=1S/C14H24BrNO2/c1-11-10-18-9-6-13(11)14(17)16(8-3-7-15)12-4-2-5-12/h11-13H,2-10H2,1H3. The topological polar surface area (TPSA) is 29.5 Å². The fourth-order valence-corrected chi connectivity index (χ4v) is 3.11. The van der Waals surface area contributed by atoms with E-state index in [9.17, 15) is 4.79 Å². The normalized spacial score (nSPS) is 28.8. The van der Waals surface area contributed by atoms with Gasteiger partial charge in [0.05, 0.1) is 0 Å². The number of rotatable bonds is 5. The Hall–Kier alpha value is -0.0900. The Kier molecular flexibility index (Phi) is 5.49. The molecule has 2 aliphatic rings. The molecular formula is C14H24BrNO2. The van der Waals surface area contributed by atoms with Gasteiger partial charge in [0.2, 0.25) is 5.91 Å². The lowest BCUT2D eigenvalue weighted by Crippen LogP contribution is -2.49. The summed E-state index contributed by atoms with van der Waals surface area (Å²) >= 11 is 3.47. The van der Waals surface area contributed by atoms with Crippen LogP contribution >= 0.6 is 15.9 Å². The minimum atomic E-state index is 0.190. The van der Waals surface area contributed by atoms with Crippen LogP contribution in [-0.2, 0) is 9.53 Å². The lowest BCUT2D eigenvalue weighted by Gasteiger charge is -2.41. The van der Waals surface area contributed by atoms with Gasteiger partial charge in [-0.15, -0.1) is 0 Å². The van der Waals surface area contributed by atoms with E-state index < -0.39 is 0 Å². The van der Waals surface area contributed by atoms with Crippen LogP contribution in [0.2, 0.25) is 0 Å². The third-order valence-electron chi connectivity index (χ3n) is 4.29. The Morgan fingerprint density at radius 3 is 2.72 bits per heavy atom. The van der Waals surface area contributed by atoms with E-state index in [2.05, 4.69) is 27.8 Å². The molecule has 2 fully saturated rings. The lowest BCUT2D eigenvalue weighted by atomic mass is 9.85. The number of carbonyl (C=O) groups excluding carboxylic acids is 1. The largest absolute Gasteiger partial charge is 0.381 e. The van der Waals surface area contributed by atoms with E-state index in [1.165, 1.54) is 19.3 Å². The molecule has 0 spiro atoms. The average Bonchev–Trinajstić information content (AvgIpc) is 2.32. The highest BCUT2D eigenvalue weighted by molar-refractivity contribution is 9.09. The molecule has 0 bridgehead atoms. The molecule has 1 aliphatic carbocycles. The van der Waals surface area contributed by atoms with Crippen molar-refractivity contribution < 1.29 is 9.53 Å². The Morgan fingerprint density at radius 2 is 2.17 bits per heavy atom. The number of carbonyl (C=O) groups is 1. The summed E-state index contributed by atoms with van der Waals surface area (Å²) in [6, 6.07) is 0.520. The Morgan fingerprint density at radius 1 is 1.39 bits per heavy atom. The van der Waals surface area contributed by atoms with Crippen LogP contribution in [0.3, 0.4) is 0 Å². The Balaban J connectivity index is 1.96. The van der Waals surface area contributed by atoms with E-state index in [-0.39, 0.29) is 5.92 Å². The van der Waals surface area contributed by atoms with E-state index in [4.69, 9.17) is 4.74 Å². The number of halogens is 1. The molecule has 0 aromatic heterocycles. The maximum atomic E-state index is 12.7. The summed E-state index contributed by atoms with van der Waals surface area (Å²) < 4.78 is 5.45. The van der Waals surface area contributed by atoms with Crippen molar-refractivity contribution >= 4 is 21.8 Å². The Labute approximate surface area is 118 Å². The molecule has 0 aromatic carbocycles. The van der Waals surface area contributed by atoms with E-state index >= 15 is 0 Å². The second-order valence-electron chi connectivity index (χ2n) is 5.61. The van der Waals surface area contributed by atoms with Gasteiger partial charge in [-0.3, -0.25) is 4.79 Å². The fraction of sp³-hybridized carbons (Fsp3) is 0.929. The number of hydrogen-bond acceptors (Lipinski definition) is 2. The molecule has 0 N–H and O–H groups in total. The summed E-state index contributed by atoms with van der Waals surface area (Å²) in [6.45, 7) is 4.55. The van der Waals surface area contributed by atoms with Crippen LogP contribution in [0, 0.1) is 11.8 Å². The zero-order chi connectivity index (χ0) is 13.0. The predicted molar refractivity (Wildman–Crippen MR) is 75.9 cm³/mol. The zero-order valence-electron chi connectivity index (χ0n) is 11.2.